The number of hydrogen-bond donors (Lipinski definition) is 2. The number of nitrogens with one attached hydrogen (secondary N) is 1. The maximum atomic E-state index is 10.3. The van der Waals surface area contributed by atoms with Gasteiger partial charge in [-0.3, -0.25) is 4.57 Å². The Bertz CT molecular complexity index is 1540. The molecule has 0 saturated heterocycles. The minimum Gasteiger partial charge on any atom is -0.389 e. The lowest BCUT2D eigenvalue weighted by Gasteiger charge is -2.14. The SMILES string of the molecule is Cc1ccc(Nc2ccc3ncn(-c4ccc(C(C)O)c(-n5cc(C#N)c(C)n5)n4)c3c2)nn1. The summed E-state index contributed by atoms with van der Waals surface area (Å²) >= 11 is 0. The Labute approximate surface area is 195 Å². The van der Waals surface area contributed by atoms with E-state index in [1.165, 1.54) is 4.68 Å². The lowest BCUT2D eigenvalue weighted by Crippen LogP contribution is -2.09. The van der Waals surface area contributed by atoms with Crippen LogP contribution in [0.4, 0.5) is 11.5 Å². The molecule has 10 nitrogen and oxygen atoms in total. The highest BCUT2D eigenvalue weighted by atomic mass is 16.3. The molecule has 10 heteroatoms. The van der Waals surface area contributed by atoms with Gasteiger partial charge in [0.2, 0.25) is 0 Å². The van der Waals surface area contributed by atoms with Gasteiger partial charge in [0.25, 0.3) is 0 Å². The molecule has 0 aliphatic carbocycles. The Balaban J connectivity index is 1.59. The van der Waals surface area contributed by atoms with Gasteiger partial charge in [0.1, 0.15) is 18.2 Å². The van der Waals surface area contributed by atoms with E-state index in [-0.39, 0.29) is 0 Å². The number of aliphatic hydroxyl groups excluding tert-OH is 1. The van der Waals surface area contributed by atoms with Gasteiger partial charge in [-0.25, -0.2) is 14.6 Å². The predicted molar refractivity (Wildman–Crippen MR) is 126 cm³/mol. The van der Waals surface area contributed by atoms with Gasteiger partial charge in [0.05, 0.1) is 40.3 Å². The van der Waals surface area contributed by atoms with Crippen molar-refractivity contribution in [1.29, 1.82) is 5.26 Å². The van der Waals surface area contributed by atoms with Crippen molar-refractivity contribution in [1.82, 2.24) is 34.5 Å². The Morgan fingerprint density at radius 3 is 2.65 bits per heavy atom. The van der Waals surface area contributed by atoms with Crippen LogP contribution in [0, 0.1) is 25.2 Å². The lowest BCUT2D eigenvalue weighted by atomic mass is 10.1. The molecule has 2 N–H and O–H groups in total. The van der Waals surface area contributed by atoms with E-state index in [2.05, 4.69) is 31.7 Å². The zero-order valence-corrected chi connectivity index (χ0v) is 18.8. The first-order chi connectivity index (χ1) is 16.4. The Kier molecular flexibility index (Phi) is 5.24. The monoisotopic (exact) mass is 451 g/mol. The molecule has 1 aromatic carbocycles. The van der Waals surface area contributed by atoms with Crippen molar-refractivity contribution in [3.63, 3.8) is 0 Å². The van der Waals surface area contributed by atoms with E-state index >= 15 is 0 Å². The fourth-order valence-corrected chi connectivity index (χ4v) is 3.65. The summed E-state index contributed by atoms with van der Waals surface area (Å²) in [5.74, 6) is 1.68. The highest BCUT2D eigenvalue weighted by Gasteiger charge is 2.17. The van der Waals surface area contributed by atoms with Gasteiger partial charge in [-0.15, -0.1) is 5.10 Å². The van der Waals surface area contributed by atoms with Gasteiger partial charge < -0.3 is 10.4 Å². The smallest absolute Gasteiger partial charge is 0.161 e. The minimum atomic E-state index is -0.766. The van der Waals surface area contributed by atoms with Crippen molar-refractivity contribution >= 4 is 22.5 Å². The molecule has 168 valence electrons. The number of aromatic nitrogens is 7. The topological polar surface area (TPSA) is 130 Å². The van der Waals surface area contributed by atoms with Crippen LogP contribution in [0.2, 0.25) is 0 Å². The molecule has 0 saturated carbocycles. The van der Waals surface area contributed by atoms with Crippen LogP contribution >= 0.6 is 0 Å². The third kappa shape index (κ3) is 3.85. The summed E-state index contributed by atoms with van der Waals surface area (Å²) in [6.07, 6.45) is 2.55. The fraction of sp³-hybridized carbons (Fsp3) is 0.167. The number of hydrogen-bond acceptors (Lipinski definition) is 8. The number of aliphatic hydroxyl groups is 1. The van der Waals surface area contributed by atoms with Gasteiger partial charge in [0.15, 0.2) is 11.6 Å². The maximum Gasteiger partial charge on any atom is 0.161 e. The molecule has 0 radical (unpaired) electrons. The number of aryl methyl sites for hydroxylation is 2. The molecule has 5 aromatic rings. The van der Waals surface area contributed by atoms with Crippen molar-refractivity contribution < 1.29 is 5.11 Å². The molecule has 1 atom stereocenters. The van der Waals surface area contributed by atoms with E-state index in [0.717, 1.165) is 22.4 Å². The standard InChI is InChI=1S/C24H21N9O/c1-14-4-8-22(30-29-14)27-18-5-7-20-21(10-18)32(13-26-20)23-9-6-19(16(3)34)24(28-23)33-12-17(11-25)15(2)31-33/h4-10,12-13,16,34H,1-3H3,(H,27,30). The van der Waals surface area contributed by atoms with Crippen LogP contribution in [0.3, 0.4) is 0 Å². The van der Waals surface area contributed by atoms with Gasteiger partial charge >= 0.3 is 0 Å². The van der Waals surface area contributed by atoms with Crippen molar-refractivity contribution in [2.75, 3.05) is 5.32 Å². The van der Waals surface area contributed by atoms with E-state index in [4.69, 9.17) is 4.98 Å². The van der Waals surface area contributed by atoms with Crippen molar-refractivity contribution in [3.05, 3.63) is 77.5 Å². The van der Waals surface area contributed by atoms with Crippen LogP contribution < -0.4 is 5.32 Å². The first kappa shape index (κ1) is 21.2. The normalized spacial score (nSPS) is 12.0. The molecule has 0 aliphatic heterocycles. The second-order valence-electron chi connectivity index (χ2n) is 7.95. The molecule has 0 fully saturated rings. The molecule has 4 heterocycles. The van der Waals surface area contributed by atoms with Crippen LogP contribution in [-0.4, -0.2) is 39.6 Å². The van der Waals surface area contributed by atoms with Crippen molar-refractivity contribution in [3.8, 4) is 17.7 Å². The van der Waals surface area contributed by atoms with Gasteiger partial charge in [-0.05, 0) is 63.2 Å². The minimum absolute atomic E-state index is 0.447. The molecule has 1 unspecified atom stereocenters. The number of rotatable bonds is 5. The Morgan fingerprint density at radius 2 is 1.94 bits per heavy atom. The summed E-state index contributed by atoms with van der Waals surface area (Å²) in [7, 11) is 0. The van der Waals surface area contributed by atoms with E-state index in [1.54, 1.807) is 32.4 Å². The summed E-state index contributed by atoms with van der Waals surface area (Å²) in [6, 6.07) is 15.3. The highest BCUT2D eigenvalue weighted by Crippen LogP contribution is 2.26. The number of fused-ring (bicyclic) bond motifs is 1. The summed E-state index contributed by atoms with van der Waals surface area (Å²) in [5.41, 5.74) is 4.94. The van der Waals surface area contributed by atoms with E-state index in [1.807, 2.05) is 47.9 Å². The third-order valence-electron chi connectivity index (χ3n) is 5.44. The Morgan fingerprint density at radius 1 is 1.09 bits per heavy atom. The zero-order valence-electron chi connectivity index (χ0n) is 18.8. The summed E-state index contributed by atoms with van der Waals surface area (Å²) < 4.78 is 3.39. The van der Waals surface area contributed by atoms with E-state index in [0.29, 0.717) is 34.3 Å². The number of pyridine rings is 1. The third-order valence-corrected chi connectivity index (χ3v) is 5.44. The number of anilines is 2. The average molecular weight is 451 g/mol. The van der Waals surface area contributed by atoms with E-state index in [9.17, 15) is 10.4 Å². The van der Waals surface area contributed by atoms with Crippen LogP contribution in [0.15, 0.2) is 55.0 Å². The van der Waals surface area contributed by atoms with Crippen LogP contribution in [0.25, 0.3) is 22.7 Å². The number of imidazole rings is 1. The second kappa shape index (κ2) is 8.38. The summed E-state index contributed by atoms with van der Waals surface area (Å²) in [6.45, 7) is 5.31. The molecule has 0 spiro atoms. The molecular formula is C24H21N9O. The van der Waals surface area contributed by atoms with Crippen molar-refractivity contribution in [2.45, 2.75) is 26.9 Å². The fourth-order valence-electron chi connectivity index (χ4n) is 3.65. The maximum absolute atomic E-state index is 10.3. The average Bonchev–Trinajstić information content (AvgIpc) is 3.43. The quantitative estimate of drug-likeness (QED) is 0.414. The number of nitrogens with zero attached hydrogens (tertiary/aromatic N) is 8. The molecule has 0 bridgehead atoms. The molecule has 4 aromatic heterocycles. The number of benzene rings is 1. The van der Waals surface area contributed by atoms with Gasteiger partial charge in [-0.2, -0.15) is 15.5 Å². The first-order valence-corrected chi connectivity index (χ1v) is 10.6. The van der Waals surface area contributed by atoms with E-state index < -0.39 is 6.10 Å². The lowest BCUT2D eigenvalue weighted by molar-refractivity contribution is 0.198. The van der Waals surface area contributed by atoms with Crippen LogP contribution in [-0.2, 0) is 0 Å². The summed E-state index contributed by atoms with van der Waals surface area (Å²) in [4.78, 5) is 9.28. The second-order valence-corrected chi connectivity index (χ2v) is 7.95. The first-order valence-electron chi connectivity index (χ1n) is 10.6. The highest BCUT2D eigenvalue weighted by molar-refractivity contribution is 5.82. The van der Waals surface area contributed by atoms with Crippen molar-refractivity contribution in [2.24, 2.45) is 0 Å². The van der Waals surface area contributed by atoms with Gasteiger partial charge in [-0.1, -0.05) is 0 Å². The largest absolute Gasteiger partial charge is 0.389 e. The zero-order chi connectivity index (χ0) is 23.8. The molecule has 0 aliphatic rings. The predicted octanol–water partition coefficient (Wildman–Crippen LogP) is 3.68. The molecule has 5 rings (SSSR count). The molecule has 0 amide bonds. The summed E-state index contributed by atoms with van der Waals surface area (Å²) in [5, 5.41) is 35.5. The molecular weight excluding hydrogens is 430 g/mol. The van der Waals surface area contributed by atoms with Gasteiger partial charge in [0, 0.05) is 11.3 Å². The van der Waals surface area contributed by atoms with Crippen LogP contribution in [0.5, 0.6) is 0 Å². The Hall–Kier alpha value is -4.62. The van der Waals surface area contributed by atoms with Crippen LogP contribution in [0.1, 0.15) is 35.5 Å². The number of nitriles is 1. The molecule has 34 heavy (non-hydrogen) atoms.